The van der Waals surface area contributed by atoms with Gasteiger partial charge in [0, 0.05) is 7.05 Å². The summed E-state index contributed by atoms with van der Waals surface area (Å²) in [6.07, 6.45) is 0. The smallest absolute Gasteiger partial charge is 0.246 e. The van der Waals surface area contributed by atoms with Gasteiger partial charge in [-0.05, 0) is 19.6 Å². The van der Waals surface area contributed by atoms with Crippen molar-refractivity contribution < 1.29 is 4.79 Å². The molecule has 0 radical (unpaired) electrons. The Hall–Kier alpha value is -0.843. The topological polar surface area (TPSA) is 44.7 Å². The molecule has 1 fully saturated rings. The van der Waals surface area contributed by atoms with Crippen LogP contribution in [0.15, 0.2) is 4.66 Å². The van der Waals surface area contributed by atoms with Crippen LogP contribution in [0.3, 0.4) is 0 Å². The van der Waals surface area contributed by atoms with E-state index >= 15 is 0 Å². The first-order valence-corrected chi connectivity index (χ1v) is 7.44. The highest BCUT2D eigenvalue weighted by atomic mass is 28.3. The molecule has 5 heteroatoms. The van der Waals surface area contributed by atoms with Crippen LogP contribution in [-0.2, 0) is 4.79 Å². The van der Waals surface area contributed by atoms with Gasteiger partial charge in [-0.3, -0.25) is 14.8 Å². The molecule has 0 bridgehead atoms. The Labute approximate surface area is 73.8 Å². The summed E-state index contributed by atoms with van der Waals surface area (Å²) >= 11 is 0. The van der Waals surface area contributed by atoms with Crippen LogP contribution in [-0.4, -0.2) is 38.6 Å². The number of carbonyl (C=O) groups excluding carboxylic acids is 1. The Morgan fingerprint density at radius 1 is 1.50 bits per heavy atom. The summed E-state index contributed by atoms with van der Waals surface area (Å²) in [7, 11) is 0.410. The fourth-order valence-corrected chi connectivity index (χ4v) is 1.84. The number of carbonyl (C=O) groups is 1. The van der Waals surface area contributed by atoms with Gasteiger partial charge in [0.2, 0.25) is 5.91 Å². The highest BCUT2D eigenvalue weighted by molar-refractivity contribution is 6.75. The van der Waals surface area contributed by atoms with Gasteiger partial charge in [0.15, 0.2) is 14.2 Å². The average molecular weight is 185 g/mol. The van der Waals surface area contributed by atoms with Crippen molar-refractivity contribution in [2.24, 2.45) is 4.66 Å². The molecule has 1 amide bonds. The number of likely N-dealkylation sites (N-methyl/N-ethyl adjacent to an activating group) is 1. The molecule has 0 atom stereocenters. The molecule has 0 spiro atoms. The van der Waals surface area contributed by atoms with Gasteiger partial charge >= 0.3 is 0 Å². The number of nitrogens with one attached hydrogen (secondary N) is 1. The third-order valence-corrected chi connectivity index (χ3v) is 2.32. The molecule has 68 valence electrons. The lowest BCUT2D eigenvalue weighted by molar-refractivity contribution is -0.118. The molecule has 1 N–H and O–H groups in total. The zero-order valence-corrected chi connectivity index (χ0v) is 9.01. The highest BCUT2D eigenvalue weighted by Gasteiger charge is 2.23. The van der Waals surface area contributed by atoms with Crippen LogP contribution in [0.25, 0.3) is 0 Å². The van der Waals surface area contributed by atoms with E-state index < -0.39 is 8.24 Å². The molecule has 1 saturated heterocycles. The van der Waals surface area contributed by atoms with Gasteiger partial charge < -0.3 is 4.90 Å². The summed E-state index contributed by atoms with van der Waals surface area (Å²) in [6, 6.07) is 0. The number of guanidine groups is 1. The minimum absolute atomic E-state index is 0.0366. The molecule has 1 aliphatic rings. The van der Waals surface area contributed by atoms with Crippen LogP contribution < -0.4 is 5.32 Å². The van der Waals surface area contributed by atoms with Crippen molar-refractivity contribution in [1.82, 2.24) is 10.2 Å². The van der Waals surface area contributed by atoms with Crippen molar-refractivity contribution in [1.29, 1.82) is 0 Å². The van der Waals surface area contributed by atoms with E-state index in [1.807, 2.05) is 11.9 Å². The van der Waals surface area contributed by atoms with Gasteiger partial charge in [0.05, 0.1) is 6.54 Å². The van der Waals surface area contributed by atoms with Crippen LogP contribution in [0.4, 0.5) is 0 Å². The second-order valence-electron chi connectivity index (χ2n) is 4.01. The van der Waals surface area contributed by atoms with Gasteiger partial charge in [0.1, 0.15) is 0 Å². The largest absolute Gasteiger partial charge is 0.337 e. The molecule has 0 unspecified atom stereocenters. The number of hydrogen-bond donors (Lipinski definition) is 1. The third-order valence-electron chi connectivity index (χ3n) is 1.43. The van der Waals surface area contributed by atoms with Crippen molar-refractivity contribution in [3.8, 4) is 0 Å². The monoisotopic (exact) mass is 185 g/mol. The maximum absolute atomic E-state index is 10.9. The fraction of sp³-hybridized carbons (Fsp3) is 0.714. The lowest BCUT2D eigenvalue weighted by atomic mass is 10.6. The van der Waals surface area contributed by atoms with Crippen molar-refractivity contribution in [3.63, 3.8) is 0 Å². The number of rotatable bonds is 1. The van der Waals surface area contributed by atoms with Gasteiger partial charge in [-0.15, -0.1) is 0 Å². The van der Waals surface area contributed by atoms with Gasteiger partial charge in [-0.2, -0.15) is 0 Å². The van der Waals surface area contributed by atoms with Crippen LogP contribution in [0, 0.1) is 0 Å². The molecule has 1 aliphatic heterocycles. The molecular weight excluding hydrogens is 170 g/mol. The quantitative estimate of drug-likeness (QED) is 0.595. The molecule has 1 rings (SSSR count). The summed E-state index contributed by atoms with van der Waals surface area (Å²) < 4.78 is 4.49. The van der Waals surface area contributed by atoms with Crippen LogP contribution >= 0.6 is 0 Å². The SMILES string of the molecule is CN1CC(=O)NC1=N[Si](C)(C)C. The second kappa shape index (κ2) is 2.89. The molecular formula is C7H15N3OSi. The minimum Gasteiger partial charge on any atom is -0.337 e. The standard InChI is InChI=1S/C7H15N3OSi/c1-10-5-6(11)8-7(10)9-12(2,3)4/h5H2,1-4H3,(H,8,9,11). The van der Waals surface area contributed by atoms with Gasteiger partial charge in [0.25, 0.3) is 0 Å². The Balaban J connectivity index is 2.76. The summed E-state index contributed by atoms with van der Waals surface area (Å²) in [5, 5.41) is 2.73. The Morgan fingerprint density at radius 3 is 2.42 bits per heavy atom. The molecule has 0 aliphatic carbocycles. The first kappa shape index (κ1) is 9.25. The highest BCUT2D eigenvalue weighted by Crippen LogP contribution is 2.05. The molecule has 4 nitrogen and oxygen atoms in total. The predicted octanol–water partition coefficient (Wildman–Crippen LogP) is 0.239. The minimum atomic E-state index is -1.46. The van der Waals surface area contributed by atoms with Gasteiger partial charge in [-0.25, -0.2) is 0 Å². The predicted molar refractivity (Wildman–Crippen MR) is 51.6 cm³/mol. The van der Waals surface area contributed by atoms with E-state index in [1.165, 1.54) is 0 Å². The van der Waals surface area contributed by atoms with Crippen LogP contribution in [0.2, 0.25) is 19.6 Å². The Morgan fingerprint density at radius 2 is 2.08 bits per heavy atom. The van der Waals surface area contributed by atoms with E-state index in [1.54, 1.807) is 0 Å². The summed E-state index contributed by atoms with van der Waals surface area (Å²) in [4.78, 5) is 12.8. The lowest BCUT2D eigenvalue weighted by Crippen LogP contribution is -2.32. The van der Waals surface area contributed by atoms with Crippen LogP contribution in [0.5, 0.6) is 0 Å². The average Bonchev–Trinajstić information content (AvgIpc) is 2.06. The molecule has 0 aromatic rings. The maximum Gasteiger partial charge on any atom is 0.246 e. The first-order chi connectivity index (χ1) is 5.38. The van der Waals surface area contributed by atoms with Crippen molar-refractivity contribution in [3.05, 3.63) is 0 Å². The van der Waals surface area contributed by atoms with E-state index in [-0.39, 0.29) is 5.91 Å². The Bertz CT molecular complexity index is 231. The fourth-order valence-electron chi connectivity index (χ4n) is 0.981. The maximum atomic E-state index is 10.9. The first-order valence-electron chi connectivity index (χ1n) is 3.99. The summed E-state index contributed by atoms with van der Waals surface area (Å²) in [6.45, 7) is 6.85. The lowest BCUT2D eigenvalue weighted by Gasteiger charge is -2.14. The molecule has 1 heterocycles. The van der Waals surface area contributed by atoms with Crippen molar-refractivity contribution in [2.75, 3.05) is 13.6 Å². The van der Waals surface area contributed by atoms with Gasteiger partial charge in [-0.1, -0.05) is 0 Å². The van der Waals surface area contributed by atoms with E-state index in [0.29, 0.717) is 6.54 Å². The number of nitrogens with zero attached hydrogens (tertiary/aromatic N) is 2. The zero-order valence-electron chi connectivity index (χ0n) is 8.01. The second-order valence-corrected chi connectivity index (χ2v) is 8.58. The van der Waals surface area contributed by atoms with E-state index in [0.717, 1.165) is 5.96 Å². The van der Waals surface area contributed by atoms with Crippen LogP contribution in [0.1, 0.15) is 0 Å². The molecule has 0 aromatic heterocycles. The molecule has 12 heavy (non-hydrogen) atoms. The third kappa shape index (κ3) is 2.33. The number of amides is 1. The van der Waals surface area contributed by atoms with Crippen molar-refractivity contribution in [2.45, 2.75) is 19.6 Å². The molecule has 0 saturated carbocycles. The molecule has 0 aromatic carbocycles. The summed E-state index contributed by atoms with van der Waals surface area (Å²) in [5.74, 6) is 0.772. The number of hydrogen-bond acceptors (Lipinski definition) is 2. The Kier molecular flexibility index (Phi) is 2.23. The van der Waals surface area contributed by atoms with E-state index in [9.17, 15) is 4.79 Å². The summed E-state index contributed by atoms with van der Waals surface area (Å²) in [5.41, 5.74) is 0. The van der Waals surface area contributed by atoms with E-state index in [4.69, 9.17) is 0 Å². The van der Waals surface area contributed by atoms with E-state index in [2.05, 4.69) is 29.6 Å². The zero-order chi connectivity index (χ0) is 9.35. The normalized spacial score (nSPS) is 21.8. The van der Waals surface area contributed by atoms with Crippen molar-refractivity contribution >= 4 is 20.1 Å².